The fraction of sp³-hybridized carbons (Fsp3) is 0.932. The lowest BCUT2D eigenvalue weighted by molar-refractivity contribution is -0.167. The zero-order chi connectivity index (χ0) is 36.8. The number of esters is 3. The van der Waals surface area contributed by atoms with Crippen molar-refractivity contribution >= 4 is 17.9 Å². The monoisotopic (exact) mass is 709 g/mol. The molecule has 0 amide bonds. The topological polar surface area (TPSA) is 78.9 Å². The maximum absolute atomic E-state index is 12.6. The van der Waals surface area contributed by atoms with Crippen molar-refractivity contribution in [1.29, 1.82) is 0 Å². The first-order chi connectivity index (χ1) is 24.4. The first-order valence-electron chi connectivity index (χ1n) is 21.9. The Kier molecular flexibility index (Phi) is 37.4. The zero-order valence-corrected chi connectivity index (χ0v) is 33.9. The Bertz CT molecular complexity index is 753. The van der Waals surface area contributed by atoms with E-state index in [1.807, 2.05) is 0 Å². The first-order valence-corrected chi connectivity index (χ1v) is 21.9. The van der Waals surface area contributed by atoms with Crippen LogP contribution in [0, 0.1) is 5.92 Å². The zero-order valence-electron chi connectivity index (χ0n) is 33.9. The highest BCUT2D eigenvalue weighted by Crippen LogP contribution is 2.16. The van der Waals surface area contributed by atoms with Gasteiger partial charge in [-0.2, -0.15) is 0 Å². The smallest absolute Gasteiger partial charge is 0.306 e. The Labute approximate surface area is 310 Å². The van der Waals surface area contributed by atoms with E-state index in [1.54, 1.807) is 0 Å². The summed E-state index contributed by atoms with van der Waals surface area (Å²) in [6.07, 6.45) is 36.7. The summed E-state index contributed by atoms with van der Waals surface area (Å²) in [4.78, 5) is 37.5. The number of carbonyl (C=O) groups excluding carboxylic acids is 3. The third-order valence-electron chi connectivity index (χ3n) is 10.2. The van der Waals surface area contributed by atoms with Crippen LogP contribution < -0.4 is 0 Å². The average molecular weight is 709 g/mol. The van der Waals surface area contributed by atoms with Crippen LogP contribution in [0.3, 0.4) is 0 Å². The molecule has 0 rings (SSSR count). The first kappa shape index (κ1) is 48.4. The molecule has 1 unspecified atom stereocenters. The van der Waals surface area contributed by atoms with E-state index < -0.39 is 6.10 Å². The molecule has 2 atom stereocenters. The van der Waals surface area contributed by atoms with Crippen LogP contribution in [-0.2, 0) is 28.6 Å². The van der Waals surface area contributed by atoms with Gasteiger partial charge in [-0.15, -0.1) is 0 Å². The molecule has 0 aromatic carbocycles. The van der Waals surface area contributed by atoms with Gasteiger partial charge in [-0.25, -0.2) is 0 Å². The van der Waals surface area contributed by atoms with Crippen LogP contribution >= 0.6 is 0 Å². The summed E-state index contributed by atoms with van der Waals surface area (Å²) in [6, 6.07) is 0. The lowest BCUT2D eigenvalue weighted by Gasteiger charge is -2.18. The highest BCUT2D eigenvalue weighted by atomic mass is 16.6. The molecule has 0 aliphatic heterocycles. The Morgan fingerprint density at radius 3 is 1.04 bits per heavy atom. The normalized spacial score (nSPS) is 12.5. The minimum absolute atomic E-state index is 0.0653. The molecule has 296 valence electrons. The second kappa shape index (κ2) is 38.6. The van der Waals surface area contributed by atoms with Gasteiger partial charge in [0.15, 0.2) is 6.10 Å². The Hall–Kier alpha value is -1.59. The van der Waals surface area contributed by atoms with E-state index in [9.17, 15) is 14.4 Å². The van der Waals surface area contributed by atoms with Gasteiger partial charge < -0.3 is 14.2 Å². The summed E-state index contributed by atoms with van der Waals surface area (Å²) in [5.74, 6) is -0.0561. The highest BCUT2D eigenvalue weighted by molar-refractivity contribution is 5.71. The van der Waals surface area contributed by atoms with Gasteiger partial charge in [0.25, 0.3) is 0 Å². The molecule has 0 aromatic heterocycles. The van der Waals surface area contributed by atoms with E-state index >= 15 is 0 Å². The molecule has 0 aliphatic carbocycles. The van der Waals surface area contributed by atoms with Gasteiger partial charge >= 0.3 is 17.9 Å². The van der Waals surface area contributed by atoms with Gasteiger partial charge in [0.2, 0.25) is 0 Å². The minimum Gasteiger partial charge on any atom is -0.462 e. The standard InChI is InChI=1S/C44H84O6/c1-5-8-10-12-14-15-16-17-18-19-20-21-23-28-32-36-43(46)49-39-41(38-48-42(45)35-31-27-22-13-11-9-6-2)50-44(47)37-33-29-25-24-26-30-34-40(4)7-3/h40-41H,5-39H2,1-4H3/t40?,41-/m0/s1. The number of carbonyl (C=O) groups is 3. The molecule has 50 heavy (non-hydrogen) atoms. The molecule has 0 aliphatic rings. The number of hydrogen-bond donors (Lipinski definition) is 0. The molecular weight excluding hydrogens is 624 g/mol. The fourth-order valence-corrected chi connectivity index (χ4v) is 6.42. The van der Waals surface area contributed by atoms with Crippen LogP contribution in [0.1, 0.15) is 240 Å². The lowest BCUT2D eigenvalue weighted by Crippen LogP contribution is -2.30. The van der Waals surface area contributed by atoms with E-state index in [4.69, 9.17) is 14.2 Å². The lowest BCUT2D eigenvalue weighted by atomic mass is 10.00. The van der Waals surface area contributed by atoms with Crippen molar-refractivity contribution < 1.29 is 28.6 Å². The van der Waals surface area contributed by atoms with Gasteiger partial charge in [0.05, 0.1) is 0 Å². The van der Waals surface area contributed by atoms with Crippen LogP contribution in [0.15, 0.2) is 0 Å². The second-order valence-electron chi connectivity index (χ2n) is 15.2. The SMILES string of the molecule is CCCCCCCCCCCCCCCCCC(=O)OC[C@H](COC(=O)CCCCCCCCC)OC(=O)CCCCCCCCC(C)CC. The predicted octanol–water partition coefficient (Wildman–Crippen LogP) is 13.6. The van der Waals surface area contributed by atoms with Gasteiger partial charge in [0.1, 0.15) is 13.2 Å². The summed E-state index contributed by atoms with van der Waals surface area (Å²) >= 11 is 0. The molecule has 0 N–H and O–H groups in total. The van der Waals surface area contributed by atoms with E-state index in [-0.39, 0.29) is 31.1 Å². The van der Waals surface area contributed by atoms with Crippen LogP contribution in [0.5, 0.6) is 0 Å². The minimum atomic E-state index is -0.758. The van der Waals surface area contributed by atoms with Crippen molar-refractivity contribution in [3.8, 4) is 0 Å². The molecular formula is C44H84O6. The molecule has 0 bridgehead atoms. The van der Waals surface area contributed by atoms with E-state index in [0.29, 0.717) is 19.3 Å². The van der Waals surface area contributed by atoms with Crippen molar-refractivity contribution in [2.45, 2.75) is 246 Å². The molecule has 6 heteroatoms. The molecule has 0 fully saturated rings. The maximum Gasteiger partial charge on any atom is 0.306 e. The van der Waals surface area contributed by atoms with Gasteiger partial charge in [0, 0.05) is 19.3 Å². The van der Waals surface area contributed by atoms with Crippen molar-refractivity contribution in [3.63, 3.8) is 0 Å². The number of unbranched alkanes of at least 4 members (excludes halogenated alkanes) is 25. The predicted molar refractivity (Wildman–Crippen MR) is 210 cm³/mol. The van der Waals surface area contributed by atoms with E-state index in [2.05, 4.69) is 27.7 Å². The third-order valence-corrected chi connectivity index (χ3v) is 10.2. The number of hydrogen-bond acceptors (Lipinski definition) is 6. The van der Waals surface area contributed by atoms with Crippen molar-refractivity contribution in [2.24, 2.45) is 5.92 Å². The van der Waals surface area contributed by atoms with Crippen LogP contribution in [0.4, 0.5) is 0 Å². The fourth-order valence-electron chi connectivity index (χ4n) is 6.42. The Morgan fingerprint density at radius 1 is 0.400 bits per heavy atom. The van der Waals surface area contributed by atoms with E-state index in [0.717, 1.165) is 63.7 Å². The largest absolute Gasteiger partial charge is 0.462 e. The van der Waals surface area contributed by atoms with Gasteiger partial charge in [-0.1, -0.05) is 201 Å². The van der Waals surface area contributed by atoms with Crippen LogP contribution in [-0.4, -0.2) is 37.2 Å². The molecule has 0 radical (unpaired) electrons. The summed E-state index contributed by atoms with van der Waals surface area (Å²) in [5, 5.41) is 0. The molecule has 0 saturated carbocycles. The quantitative estimate of drug-likeness (QED) is 0.0359. The summed E-state index contributed by atoms with van der Waals surface area (Å²) in [5.41, 5.74) is 0. The van der Waals surface area contributed by atoms with Crippen molar-refractivity contribution in [1.82, 2.24) is 0 Å². The molecule has 0 spiro atoms. The van der Waals surface area contributed by atoms with Gasteiger partial charge in [-0.3, -0.25) is 14.4 Å². The molecule has 0 heterocycles. The molecule has 0 aromatic rings. The Balaban J connectivity index is 4.26. The van der Waals surface area contributed by atoms with Crippen LogP contribution in [0.2, 0.25) is 0 Å². The Morgan fingerprint density at radius 2 is 0.700 bits per heavy atom. The van der Waals surface area contributed by atoms with Crippen molar-refractivity contribution in [3.05, 3.63) is 0 Å². The summed E-state index contributed by atoms with van der Waals surface area (Å²) < 4.78 is 16.6. The summed E-state index contributed by atoms with van der Waals surface area (Å²) in [6.45, 7) is 8.92. The second-order valence-corrected chi connectivity index (χ2v) is 15.2. The van der Waals surface area contributed by atoms with E-state index in [1.165, 1.54) is 135 Å². The third kappa shape index (κ3) is 36.2. The number of ether oxygens (including phenoxy) is 3. The number of rotatable bonds is 39. The average Bonchev–Trinajstić information content (AvgIpc) is 3.11. The summed E-state index contributed by atoms with van der Waals surface area (Å²) in [7, 11) is 0. The van der Waals surface area contributed by atoms with Crippen molar-refractivity contribution in [2.75, 3.05) is 13.2 Å². The molecule has 0 saturated heterocycles. The van der Waals surface area contributed by atoms with Gasteiger partial charge in [-0.05, 0) is 25.2 Å². The maximum atomic E-state index is 12.6. The molecule has 6 nitrogen and oxygen atoms in total. The highest BCUT2D eigenvalue weighted by Gasteiger charge is 2.19. The van der Waals surface area contributed by atoms with Crippen LogP contribution in [0.25, 0.3) is 0 Å².